The average molecular weight is 343 g/mol. The van der Waals surface area contributed by atoms with Crippen molar-refractivity contribution < 1.29 is 21.7 Å². The Kier molecular flexibility index (Phi) is 39.7. The fourth-order valence-corrected chi connectivity index (χ4v) is 1.03. The minimum absolute atomic E-state index is 0. The zero-order valence-corrected chi connectivity index (χ0v) is 17.0. The molecule has 3 nitrogen and oxygen atoms in total. The Bertz CT molecular complexity index is 211. The topological polar surface area (TPSA) is 71.4 Å². The predicted octanol–water partition coefficient (Wildman–Crippen LogP) is 7.07. The molecule has 0 fully saturated rings. The summed E-state index contributed by atoms with van der Waals surface area (Å²) in [5, 5.41) is 0. The smallest absolute Gasteiger partial charge is 0.677 e. The molecular weight excluding hydrogens is 306 g/mol. The van der Waals surface area contributed by atoms with Crippen LogP contribution in [0.4, 0.5) is 0 Å². The summed E-state index contributed by atoms with van der Waals surface area (Å²) in [6.45, 7) is 12.2. The summed E-state index contributed by atoms with van der Waals surface area (Å²) in [6, 6.07) is 0. The molecule has 0 saturated heterocycles. The van der Waals surface area contributed by atoms with Gasteiger partial charge in [-0.25, -0.2) is 11.6 Å². The molecule has 0 amide bonds. The van der Waals surface area contributed by atoms with Gasteiger partial charge in [0.1, 0.15) is 0 Å². The van der Waals surface area contributed by atoms with Gasteiger partial charge in [-0.3, -0.25) is 6.08 Å². The van der Waals surface area contributed by atoms with Gasteiger partial charge in [0.15, 0.2) is 0 Å². The molecule has 0 aliphatic heterocycles. The summed E-state index contributed by atoms with van der Waals surface area (Å²) in [7, 11) is 0. The maximum absolute atomic E-state index is 6.45. The normalized spacial score (nSPS) is 11.0. The van der Waals surface area contributed by atoms with Crippen LogP contribution in [0, 0.1) is 12.0 Å². The molecule has 0 unspecified atom stereocenters. The van der Waals surface area contributed by atoms with Crippen molar-refractivity contribution in [2.24, 2.45) is 5.92 Å². The van der Waals surface area contributed by atoms with Crippen molar-refractivity contribution in [3.8, 4) is 0 Å². The Hall–Kier alpha value is 0.0743. The summed E-state index contributed by atoms with van der Waals surface area (Å²) >= 11 is 0. The van der Waals surface area contributed by atoms with Crippen LogP contribution in [0.15, 0.2) is 17.7 Å². The van der Waals surface area contributed by atoms with Crippen LogP contribution in [0.3, 0.4) is 0 Å². The van der Waals surface area contributed by atoms with Crippen molar-refractivity contribution in [2.45, 2.75) is 66.7 Å². The fraction of sp³-hybridized carbons (Fsp3) is 0.778. The quantitative estimate of drug-likeness (QED) is 0.378. The van der Waals surface area contributed by atoms with Crippen LogP contribution in [0.25, 0.3) is 17.2 Å². The first-order valence-corrected chi connectivity index (χ1v) is 8.23. The van der Waals surface area contributed by atoms with E-state index in [4.69, 9.17) is 17.2 Å². The Morgan fingerprint density at radius 3 is 1.50 bits per heavy atom. The van der Waals surface area contributed by atoms with Crippen LogP contribution >= 0.6 is 0 Å². The van der Waals surface area contributed by atoms with E-state index in [1.54, 1.807) is 0 Å². The second-order valence-corrected chi connectivity index (χ2v) is 5.16. The molecule has 1 aliphatic carbocycles. The maximum atomic E-state index is 6.45. The maximum Gasteiger partial charge on any atom is 4.00 e. The standard InChI is InChI=1S/C9H13.3C3H8N.Ti/c1-8(2)7-9-5-3-4-6-9;3*1-2-3-4;/h3,5,8H,4,7H2,1-2H3;3*4H,2-3H2,1H3;/q4*-1;+4. The molecule has 0 saturated carbocycles. The SMILES string of the molecule is CC(C)CC1=[C-]CC=C1.CCC[NH-].CCC[NH-].CCC[NH-].[Ti+4]. The van der Waals surface area contributed by atoms with Gasteiger partial charge in [0.25, 0.3) is 0 Å². The molecule has 0 heterocycles. The molecule has 1 rings (SSSR count). The van der Waals surface area contributed by atoms with E-state index in [1.165, 1.54) is 12.0 Å². The van der Waals surface area contributed by atoms with Crippen LogP contribution in [0.5, 0.6) is 0 Å². The first-order valence-electron chi connectivity index (χ1n) is 8.23. The molecule has 1 aliphatic rings. The van der Waals surface area contributed by atoms with Gasteiger partial charge < -0.3 is 17.2 Å². The predicted molar refractivity (Wildman–Crippen MR) is 98.4 cm³/mol. The molecule has 22 heavy (non-hydrogen) atoms. The molecule has 128 valence electrons. The van der Waals surface area contributed by atoms with Crippen LogP contribution in [-0.4, -0.2) is 19.6 Å². The molecular formula is C18H37N3Ti. The van der Waals surface area contributed by atoms with E-state index in [1.807, 2.05) is 20.8 Å². The third-order valence-corrected chi connectivity index (χ3v) is 2.14. The molecule has 0 aromatic heterocycles. The molecule has 0 aromatic rings. The van der Waals surface area contributed by atoms with Crippen molar-refractivity contribution >= 4 is 0 Å². The van der Waals surface area contributed by atoms with Crippen molar-refractivity contribution in [3.63, 3.8) is 0 Å². The van der Waals surface area contributed by atoms with Crippen molar-refractivity contribution in [1.29, 1.82) is 0 Å². The zero-order chi connectivity index (χ0) is 16.9. The molecule has 0 radical (unpaired) electrons. The van der Waals surface area contributed by atoms with E-state index in [0.29, 0.717) is 19.6 Å². The third kappa shape index (κ3) is 36.9. The summed E-state index contributed by atoms with van der Waals surface area (Å²) in [6.07, 6.45) is 12.8. The van der Waals surface area contributed by atoms with Crippen molar-refractivity contribution in [2.75, 3.05) is 19.6 Å². The van der Waals surface area contributed by atoms with E-state index in [0.717, 1.165) is 31.6 Å². The summed E-state index contributed by atoms with van der Waals surface area (Å²) in [5.41, 5.74) is 20.7. The van der Waals surface area contributed by atoms with Gasteiger partial charge >= 0.3 is 21.7 Å². The summed E-state index contributed by atoms with van der Waals surface area (Å²) in [5.74, 6) is 0.773. The molecule has 0 bridgehead atoms. The van der Waals surface area contributed by atoms with Gasteiger partial charge in [0.05, 0.1) is 0 Å². The first kappa shape index (κ1) is 30.0. The van der Waals surface area contributed by atoms with Gasteiger partial charge in [0, 0.05) is 0 Å². The summed E-state index contributed by atoms with van der Waals surface area (Å²) in [4.78, 5) is 0. The number of hydrogen-bond acceptors (Lipinski definition) is 0. The van der Waals surface area contributed by atoms with E-state index in [-0.39, 0.29) is 21.7 Å². The van der Waals surface area contributed by atoms with Crippen molar-refractivity contribution in [1.82, 2.24) is 0 Å². The minimum atomic E-state index is 0. The number of allylic oxidation sites excluding steroid dienone is 4. The van der Waals surface area contributed by atoms with Crippen molar-refractivity contribution in [3.05, 3.63) is 41.0 Å². The third-order valence-electron chi connectivity index (χ3n) is 2.14. The Morgan fingerprint density at radius 2 is 1.32 bits per heavy atom. The van der Waals surface area contributed by atoms with E-state index in [9.17, 15) is 0 Å². The first-order chi connectivity index (χ1) is 10.0. The number of rotatable bonds is 5. The van der Waals surface area contributed by atoms with Gasteiger partial charge in [-0.1, -0.05) is 60.3 Å². The number of nitrogens with one attached hydrogen (secondary N) is 3. The Morgan fingerprint density at radius 1 is 0.955 bits per heavy atom. The largest absolute Gasteiger partial charge is 4.00 e. The van der Waals surface area contributed by atoms with Gasteiger partial charge in [-0.2, -0.15) is 25.7 Å². The molecule has 4 heteroatoms. The van der Waals surface area contributed by atoms with Crippen LogP contribution < -0.4 is 0 Å². The second-order valence-electron chi connectivity index (χ2n) is 5.16. The van der Waals surface area contributed by atoms with Crippen LogP contribution in [0.1, 0.15) is 66.7 Å². The second kappa shape index (κ2) is 29.1. The summed E-state index contributed by atoms with van der Waals surface area (Å²) < 4.78 is 0. The van der Waals surface area contributed by atoms with Gasteiger partial charge in [-0.05, 0) is 5.92 Å². The molecule has 3 N–H and O–H groups in total. The molecule has 0 spiro atoms. The Balaban J connectivity index is -0.000000107. The minimum Gasteiger partial charge on any atom is -0.677 e. The van der Waals surface area contributed by atoms with Gasteiger partial charge in [-0.15, -0.1) is 6.42 Å². The average Bonchev–Trinajstić information content (AvgIpc) is 3.00. The zero-order valence-electron chi connectivity index (χ0n) is 15.4. The monoisotopic (exact) mass is 343 g/mol. The fourth-order valence-electron chi connectivity index (χ4n) is 1.03. The van der Waals surface area contributed by atoms with E-state index in [2.05, 4.69) is 32.1 Å². The van der Waals surface area contributed by atoms with E-state index >= 15 is 0 Å². The van der Waals surface area contributed by atoms with Crippen LogP contribution in [0.2, 0.25) is 0 Å². The molecule has 0 aromatic carbocycles. The van der Waals surface area contributed by atoms with E-state index < -0.39 is 0 Å². The van der Waals surface area contributed by atoms with Crippen LogP contribution in [-0.2, 0) is 21.7 Å². The molecule has 0 atom stereocenters. The Labute approximate surface area is 155 Å². The van der Waals surface area contributed by atoms with Gasteiger partial charge in [0.2, 0.25) is 0 Å². The number of hydrogen-bond donors (Lipinski definition) is 0.